The second-order valence-electron chi connectivity index (χ2n) is 4.69. The normalized spacial score (nSPS) is 17.4. The number of rotatable bonds is 2. The molecule has 0 bridgehead atoms. The van der Waals surface area contributed by atoms with E-state index in [9.17, 15) is 9.18 Å². The molecule has 106 valence electrons. The van der Waals surface area contributed by atoms with E-state index in [1.54, 1.807) is 19.1 Å². The second kappa shape index (κ2) is 6.32. The molecule has 19 heavy (non-hydrogen) atoms. The zero-order chi connectivity index (χ0) is 13.2. The van der Waals surface area contributed by atoms with Crippen LogP contribution in [0.4, 0.5) is 10.1 Å². The zero-order valence-corrected chi connectivity index (χ0v) is 11.6. The fraction of sp³-hybridized carbons (Fsp3) is 0.462. The van der Waals surface area contributed by atoms with Crippen LogP contribution in [0.1, 0.15) is 18.4 Å². The van der Waals surface area contributed by atoms with Crippen molar-refractivity contribution in [1.29, 1.82) is 0 Å². The molecule has 3 N–H and O–H groups in total. The number of nitrogens with one attached hydrogen (secondary N) is 1. The molecule has 4 nitrogen and oxygen atoms in total. The molecule has 1 saturated heterocycles. The summed E-state index contributed by atoms with van der Waals surface area (Å²) < 4.78 is 18.5. The molecule has 0 aromatic heterocycles. The van der Waals surface area contributed by atoms with E-state index in [-0.39, 0.29) is 24.1 Å². The Morgan fingerprint density at radius 3 is 2.63 bits per heavy atom. The molecule has 0 saturated carbocycles. The van der Waals surface area contributed by atoms with Crippen molar-refractivity contribution in [3.8, 4) is 0 Å². The summed E-state index contributed by atoms with van der Waals surface area (Å²) in [5.41, 5.74) is 6.09. The van der Waals surface area contributed by atoms with Crippen LogP contribution in [0.2, 0.25) is 0 Å². The summed E-state index contributed by atoms with van der Waals surface area (Å²) >= 11 is 0. The van der Waals surface area contributed by atoms with Gasteiger partial charge in [0.15, 0.2) is 0 Å². The highest BCUT2D eigenvalue weighted by molar-refractivity contribution is 5.98. The number of hydrogen-bond donors (Lipinski definition) is 2. The molecular formula is C13H18ClFN2O2. The number of carbonyl (C=O) groups excluding carboxylic acids is 1. The zero-order valence-electron chi connectivity index (χ0n) is 10.7. The van der Waals surface area contributed by atoms with Crippen molar-refractivity contribution in [3.63, 3.8) is 0 Å². The van der Waals surface area contributed by atoms with Gasteiger partial charge >= 0.3 is 0 Å². The third kappa shape index (κ3) is 3.65. The molecule has 1 heterocycles. The number of halogens is 2. The van der Waals surface area contributed by atoms with E-state index in [1.165, 1.54) is 6.07 Å². The van der Waals surface area contributed by atoms with Gasteiger partial charge < -0.3 is 15.8 Å². The highest BCUT2D eigenvalue weighted by Gasteiger charge is 2.35. The molecule has 6 heteroatoms. The lowest BCUT2D eigenvalue weighted by atomic mass is 9.90. The van der Waals surface area contributed by atoms with E-state index >= 15 is 0 Å². The molecule has 0 aliphatic carbocycles. The molecule has 1 aromatic carbocycles. The quantitative estimate of drug-likeness (QED) is 0.875. The van der Waals surface area contributed by atoms with Crippen LogP contribution in [0.15, 0.2) is 18.2 Å². The molecule has 2 rings (SSSR count). The molecule has 0 atom stereocenters. The van der Waals surface area contributed by atoms with E-state index in [4.69, 9.17) is 10.5 Å². The van der Waals surface area contributed by atoms with Gasteiger partial charge in [0.2, 0.25) is 5.91 Å². The maximum absolute atomic E-state index is 13.4. The Kier molecular flexibility index (Phi) is 5.29. The summed E-state index contributed by atoms with van der Waals surface area (Å²) in [6, 6.07) is 4.59. The van der Waals surface area contributed by atoms with Crippen LogP contribution in [0, 0.1) is 12.7 Å². The van der Waals surface area contributed by atoms with Gasteiger partial charge in [0.25, 0.3) is 0 Å². The van der Waals surface area contributed by atoms with Crippen molar-refractivity contribution in [3.05, 3.63) is 29.6 Å². The van der Waals surface area contributed by atoms with Crippen molar-refractivity contribution >= 4 is 24.0 Å². The number of benzene rings is 1. The first kappa shape index (κ1) is 15.9. The van der Waals surface area contributed by atoms with Crippen LogP contribution < -0.4 is 11.1 Å². The third-order valence-corrected chi connectivity index (χ3v) is 3.27. The van der Waals surface area contributed by atoms with Crippen LogP contribution in [-0.4, -0.2) is 24.7 Å². The van der Waals surface area contributed by atoms with Crippen molar-refractivity contribution in [2.24, 2.45) is 5.73 Å². The van der Waals surface area contributed by atoms with Crippen molar-refractivity contribution < 1.29 is 13.9 Å². The first-order valence-corrected chi connectivity index (χ1v) is 5.95. The average Bonchev–Trinajstić information content (AvgIpc) is 2.35. The minimum absolute atomic E-state index is 0. The van der Waals surface area contributed by atoms with E-state index in [0.29, 0.717) is 37.3 Å². The predicted octanol–water partition coefficient (Wildman–Crippen LogP) is 2.00. The van der Waals surface area contributed by atoms with Gasteiger partial charge in [0.05, 0.1) is 0 Å². The van der Waals surface area contributed by atoms with E-state index in [2.05, 4.69) is 5.32 Å². The van der Waals surface area contributed by atoms with Gasteiger partial charge in [0.1, 0.15) is 11.4 Å². The molecule has 0 unspecified atom stereocenters. The molecule has 1 fully saturated rings. The predicted molar refractivity (Wildman–Crippen MR) is 74.0 cm³/mol. The second-order valence-corrected chi connectivity index (χ2v) is 4.69. The largest absolute Gasteiger partial charge is 0.381 e. The Labute approximate surface area is 117 Å². The van der Waals surface area contributed by atoms with Crippen molar-refractivity contribution in [1.82, 2.24) is 0 Å². The molecule has 1 aliphatic rings. The number of aryl methyl sites for hydroxylation is 1. The lowest BCUT2D eigenvalue weighted by molar-refractivity contribution is -0.124. The minimum Gasteiger partial charge on any atom is -0.381 e. The van der Waals surface area contributed by atoms with Gasteiger partial charge in [-0.3, -0.25) is 4.79 Å². The molecular weight excluding hydrogens is 271 g/mol. The third-order valence-electron chi connectivity index (χ3n) is 3.27. The first-order valence-electron chi connectivity index (χ1n) is 5.95. The van der Waals surface area contributed by atoms with E-state index in [0.717, 1.165) is 0 Å². The Hall–Kier alpha value is -1.17. The van der Waals surface area contributed by atoms with Crippen molar-refractivity contribution in [2.45, 2.75) is 25.3 Å². The highest BCUT2D eigenvalue weighted by atomic mass is 35.5. The number of amides is 1. The molecule has 1 aromatic rings. The molecule has 1 amide bonds. The number of anilines is 1. The van der Waals surface area contributed by atoms with Crippen LogP contribution in [0.3, 0.4) is 0 Å². The maximum Gasteiger partial charge on any atom is 0.244 e. The fourth-order valence-electron chi connectivity index (χ4n) is 1.89. The topological polar surface area (TPSA) is 64.4 Å². The maximum atomic E-state index is 13.4. The van der Waals surface area contributed by atoms with Gasteiger partial charge in [0, 0.05) is 18.9 Å². The lowest BCUT2D eigenvalue weighted by Gasteiger charge is -2.31. The fourth-order valence-corrected chi connectivity index (χ4v) is 1.89. The van der Waals surface area contributed by atoms with Crippen LogP contribution >= 0.6 is 12.4 Å². The summed E-state index contributed by atoms with van der Waals surface area (Å²) in [6.45, 7) is 2.63. The van der Waals surface area contributed by atoms with Gasteiger partial charge in [-0.05, 0) is 37.5 Å². The Morgan fingerprint density at radius 2 is 2.05 bits per heavy atom. The smallest absolute Gasteiger partial charge is 0.244 e. The van der Waals surface area contributed by atoms with Crippen LogP contribution in [-0.2, 0) is 9.53 Å². The molecule has 0 spiro atoms. The van der Waals surface area contributed by atoms with E-state index in [1.807, 2.05) is 0 Å². The van der Waals surface area contributed by atoms with Gasteiger partial charge in [-0.2, -0.15) is 0 Å². The number of ether oxygens (including phenoxy) is 1. The summed E-state index contributed by atoms with van der Waals surface area (Å²) in [6.07, 6.45) is 0.959. The summed E-state index contributed by atoms with van der Waals surface area (Å²) in [4.78, 5) is 12.1. The van der Waals surface area contributed by atoms with Crippen LogP contribution in [0.5, 0.6) is 0 Å². The van der Waals surface area contributed by atoms with Crippen LogP contribution in [0.25, 0.3) is 0 Å². The monoisotopic (exact) mass is 288 g/mol. The SMILES string of the molecule is Cc1ccc(NC(=O)C2(N)CCOCC2)cc1F.Cl. The van der Waals surface area contributed by atoms with E-state index < -0.39 is 5.54 Å². The lowest BCUT2D eigenvalue weighted by Crippen LogP contribution is -2.54. The van der Waals surface area contributed by atoms with Gasteiger partial charge in [-0.25, -0.2) is 4.39 Å². The number of carbonyl (C=O) groups is 1. The number of nitrogens with two attached hydrogens (primary N) is 1. The Morgan fingerprint density at radius 1 is 1.42 bits per heavy atom. The molecule has 0 radical (unpaired) electrons. The first-order chi connectivity index (χ1) is 8.51. The van der Waals surface area contributed by atoms with Gasteiger partial charge in [-0.15, -0.1) is 12.4 Å². The Balaban J connectivity index is 0.00000180. The molecule has 1 aliphatic heterocycles. The summed E-state index contributed by atoms with van der Waals surface area (Å²) in [5, 5.41) is 2.66. The summed E-state index contributed by atoms with van der Waals surface area (Å²) in [5.74, 6) is -0.625. The summed E-state index contributed by atoms with van der Waals surface area (Å²) in [7, 11) is 0. The highest BCUT2D eigenvalue weighted by Crippen LogP contribution is 2.21. The van der Waals surface area contributed by atoms with Gasteiger partial charge in [-0.1, -0.05) is 6.07 Å². The Bertz CT molecular complexity index is 462. The van der Waals surface area contributed by atoms with Crippen molar-refractivity contribution in [2.75, 3.05) is 18.5 Å². The average molecular weight is 289 g/mol. The standard InChI is InChI=1S/C13H17FN2O2.ClH/c1-9-2-3-10(8-11(9)14)16-12(17)13(15)4-6-18-7-5-13;/h2-3,8H,4-7,15H2,1H3,(H,16,17);1H. The minimum atomic E-state index is -0.917. The number of hydrogen-bond acceptors (Lipinski definition) is 3.